The Morgan fingerprint density at radius 2 is 1.98 bits per heavy atom. The molecule has 1 saturated heterocycles. The molecule has 1 aliphatic rings. The normalized spacial score (nSPS) is 15.1. The van der Waals surface area contributed by atoms with E-state index >= 15 is 0 Å². The number of ether oxygens (including phenoxy) is 1. The zero-order valence-corrected chi connectivity index (χ0v) is 25.6. The van der Waals surface area contributed by atoms with Gasteiger partial charge in [-0.05, 0) is 49.7 Å². The number of thiazole rings is 1. The molecule has 7 nitrogen and oxygen atoms in total. The summed E-state index contributed by atoms with van der Waals surface area (Å²) in [5.74, 6) is -0.802. The lowest BCUT2D eigenvalue weighted by Gasteiger charge is -2.29. The number of halogens is 4. The van der Waals surface area contributed by atoms with Crippen molar-refractivity contribution in [3.05, 3.63) is 64.3 Å². The number of alkyl halides is 4. The molecular formula is C28H33F3IN5O2S. The van der Waals surface area contributed by atoms with Crippen molar-refractivity contribution in [2.45, 2.75) is 45.6 Å². The summed E-state index contributed by atoms with van der Waals surface area (Å²) in [4.78, 5) is 25.6. The molecule has 1 aliphatic heterocycles. The SMILES string of the molecule is CCN(Cc1cccnc1-c1nc(C(F)(F)F)c(C(=O)NC(CI)c2cccc(N3CCOCC3)c2)s1)C(C)C. The molecule has 0 spiro atoms. The molecule has 3 heterocycles. The lowest BCUT2D eigenvalue weighted by Crippen LogP contribution is -2.36. The van der Waals surface area contributed by atoms with Crippen molar-refractivity contribution < 1.29 is 22.7 Å². The Bertz CT molecular complexity index is 1300. The molecule has 40 heavy (non-hydrogen) atoms. The van der Waals surface area contributed by atoms with Crippen LogP contribution in [0.2, 0.25) is 0 Å². The van der Waals surface area contributed by atoms with Crippen LogP contribution in [0.1, 0.15) is 53.3 Å². The Morgan fingerprint density at radius 1 is 1.23 bits per heavy atom. The predicted octanol–water partition coefficient (Wildman–Crippen LogP) is 6.20. The largest absolute Gasteiger partial charge is 0.435 e. The van der Waals surface area contributed by atoms with Crippen LogP contribution < -0.4 is 10.2 Å². The van der Waals surface area contributed by atoms with Gasteiger partial charge in [0.05, 0.1) is 19.3 Å². The summed E-state index contributed by atoms with van der Waals surface area (Å²) in [6.07, 6.45) is -3.26. The van der Waals surface area contributed by atoms with Crippen LogP contribution in [-0.4, -0.2) is 64.1 Å². The van der Waals surface area contributed by atoms with Crippen molar-refractivity contribution in [1.29, 1.82) is 0 Å². The van der Waals surface area contributed by atoms with E-state index in [9.17, 15) is 18.0 Å². The van der Waals surface area contributed by atoms with Crippen molar-refractivity contribution in [3.63, 3.8) is 0 Å². The zero-order valence-electron chi connectivity index (χ0n) is 22.7. The smallest absolute Gasteiger partial charge is 0.378 e. The average Bonchev–Trinajstić information content (AvgIpc) is 3.41. The number of nitrogens with one attached hydrogen (secondary N) is 1. The van der Waals surface area contributed by atoms with Crippen molar-refractivity contribution in [2.75, 3.05) is 42.2 Å². The molecule has 0 aliphatic carbocycles. The second-order valence-electron chi connectivity index (χ2n) is 9.74. The Labute approximate surface area is 250 Å². The van der Waals surface area contributed by atoms with Gasteiger partial charge in [0.1, 0.15) is 15.6 Å². The van der Waals surface area contributed by atoms with E-state index in [0.29, 0.717) is 29.9 Å². The average molecular weight is 688 g/mol. The minimum atomic E-state index is -4.79. The number of aromatic nitrogens is 2. The number of carbonyl (C=O) groups is 1. The first-order chi connectivity index (χ1) is 19.1. The van der Waals surface area contributed by atoms with Crippen LogP contribution in [0.3, 0.4) is 0 Å². The van der Waals surface area contributed by atoms with E-state index in [1.165, 1.54) is 6.20 Å². The lowest BCUT2D eigenvalue weighted by molar-refractivity contribution is -0.141. The van der Waals surface area contributed by atoms with Gasteiger partial charge >= 0.3 is 6.18 Å². The van der Waals surface area contributed by atoms with Gasteiger partial charge in [-0.15, -0.1) is 11.3 Å². The lowest BCUT2D eigenvalue weighted by atomic mass is 10.1. The third-order valence-corrected chi connectivity index (χ3v) is 8.76. The van der Waals surface area contributed by atoms with E-state index < -0.39 is 28.7 Å². The van der Waals surface area contributed by atoms with Crippen molar-refractivity contribution >= 4 is 45.5 Å². The van der Waals surface area contributed by atoms with E-state index in [1.54, 1.807) is 6.07 Å². The van der Waals surface area contributed by atoms with Gasteiger partial charge in [-0.2, -0.15) is 13.2 Å². The van der Waals surface area contributed by atoms with E-state index in [2.05, 4.69) is 61.5 Å². The van der Waals surface area contributed by atoms with Gasteiger partial charge in [0.25, 0.3) is 5.91 Å². The minimum absolute atomic E-state index is 0.0771. The molecule has 12 heteroatoms. The highest BCUT2D eigenvalue weighted by Crippen LogP contribution is 2.38. The Morgan fingerprint density at radius 3 is 2.62 bits per heavy atom. The molecule has 1 fully saturated rings. The molecule has 1 amide bonds. The summed E-state index contributed by atoms with van der Waals surface area (Å²) in [7, 11) is 0. The number of hydrogen-bond donors (Lipinski definition) is 1. The third kappa shape index (κ3) is 7.31. The van der Waals surface area contributed by atoms with Crippen molar-refractivity contribution in [3.8, 4) is 10.7 Å². The number of anilines is 1. The van der Waals surface area contributed by atoms with Gasteiger partial charge in [0.15, 0.2) is 5.69 Å². The second-order valence-corrected chi connectivity index (χ2v) is 11.6. The molecule has 1 atom stereocenters. The summed E-state index contributed by atoms with van der Waals surface area (Å²) in [5, 5.41) is 2.91. The van der Waals surface area contributed by atoms with E-state index in [-0.39, 0.29) is 11.0 Å². The molecule has 216 valence electrons. The number of pyridine rings is 1. The highest BCUT2D eigenvalue weighted by Gasteiger charge is 2.40. The number of carbonyl (C=O) groups excluding carboxylic acids is 1. The summed E-state index contributed by atoms with van der Waals surface area (Å²) in [6, 6.07) is 11.1. The maximum atomic E-state index is 14.1. The van der Waals surface area contributed by atoms with Gasteiger partial charge in [0, 0.05) is 42.0 Å². The Balaban J connectivity index is 1.63. The molecule has 1 unspecified atom stereocenters. The third-order valence-electron chi connectivity index (χ3n) is 6.81. The predicted molar refractivity (Wildman–Crippen MR) is 160 cm³/mol. The van der Waals surface area contributed by atoms with Gasteiger partial charge < -0.3 is 15.0 Å². The van der Waals surface area contributed by atoms with E-state index in [4.69, 9.17) is 4.74 Å². The van der Waals surface area contributed by atoms with Crippen LogP contribution in [0, 0.1) is 0 Å². The fourth-order valence-electron chi connectivity index (χ4n) is 4.60. The molecule has 4 rings (SSSR count). The highest BCUT2D eigenvalue weighted by atomic mass is 127. The first-order valence-corrected chi connectivity index (χ1v) is 15.5. The molecular weight excluding hydrogens is 654 g/mol. The van der Waals surface area contributed by atoms with Crippen molar-refractivity contribution in [2.24, 2.45) is 0 Å². The zero-order chi connectivity index (χ0) is 28.9. The van der Waals surface area contributed by atoms with E-state index in [0.717, 1.165) is 47.8 Å². The monoisotopic (exact) mass is 687 g/mol. The molecule has 2 aromatic heterocycles. The number of amides is 1. The van der Waals surface area contributed by atoms with Crippen LogP contribution in [0.25, 0.3) is 10.7 Å². The molecule has 3 aromatic rings. The number of benzene rings is 1. The van der Waals surface area contributed by atoms with Gasteiger partial charge in [0.2, 0.25) is 0 Å². The first-order valence-electron chi connectivity index (χ1n) is 13.2. The van der Waals surface area contributed by atoms with Crippen LogP contribution in [-0.2, 0) is 17.5 Å². The quantitative estimate of drug-likeness (QED) is 0.203. The summed E-state index contributed by atoms with van der Waals surface area (Å²) in [6.45, 7) is 10.2. The summed E-state index contributed by atoms with van der Waals surface area (Å²) in [5.41, 5.74) is 1.75. The van der Waals surface area contributed by atoms with Crippen LogP contribution in [0.4, 0.5) is 18.9 Å². The molecule has 1 N–H and O–H groups in total. The maximum Gasteiger partial charge on any atom is 0.435 e. The fraction of sp³-hybridized carbons (Fsp3) is 0.464. The first kappa shape index (κ1) is 30.7. The molecule has 0 radical (unpaired) electrons. The van der Waals surface area contributed by atoms with Crippen LogP contribution >= 0.6 is 33.9 Å². The standard InChI is InChI=1S/C28H33F3IN5O2S/c1-4-36(18(2)3)17-20-8-6-10-33-23(20)27-35-25(28(29,30)31)24(40-27)26(38)34-22(16-32)19-7-5-9-21(15-19)37-11-13-39-14-12-37/h5-10,15,18,22H,4,11-14,16-17H2,1-3H3,(H,34,38). The van der Waals surface area contributed by atoms with Gasteiger partial charge in [-0.1, -0.05) is 47.7 Å². The topological polar surface area (TPSA) is 70.6 Å². The Kier molecular flexibility index (Phi) is 10.4. The number of morpholine rings is 1. The second kappa shape index (κ2) is 13.6. The summed E-state index contributed by atoms with van der Waals surface area (Å²) < 4.78 is 48.3. The fourth-order valence-corrected chi connectivity index (χ4v) is 6.35. The molecule has 0 saturated carbocycles. The number of rotatable bonds is 10. The minimum Gasteiger partial charge on any atom is -0.378 e. The van der Waals surface area contributed by atoms with Crippen molar-refractivity contribution in [1.82, 2.24) is 20.2 Å². The number of nitrogens with zero attached hydrogens (tertiary/aromatic N) is 4. The molecule has 0 bridgehead atoms. The molecule has 1 aromatic carbocycles. The van der Waals surface area contributed by atoms with E-state index in [1.807, 2.05) is 37.3 Å². The van der Waals surface area contributed by atoms with Crippen LogP contribution in [0.15, 0.2) is 42.6 Å². The Hall–Kier alpha value is -2.29. The maximum absolute atomic E-state index is 14.1. The number of hydrogen-bond acceptors (Lipinski definition) is 7. The highest BCUT2D eigenvalue weighted by molar-refractivity contribution is 14.1. The van der Waals surface area contributed by atoms with Crippen LogP contribution in [0.5, 0.6) is 0 Å². The van der Waals surface area contributed by atoms with Gasteiger partial charge in [-0.3, -0.25) is 14.7 Å². The van der Waals surface area contributed by atoms with Gasteiger partial charge in [-0.25, -0.2) is 4.98 Å². The summed E-state index contributed by atoms with van der Waals surface area (Å²) >= 11 is 2.87.